The molecule has 0 saturated heterocycles. The topological polar surface area (TPSA) is 92.9 Å². The third-order valence-electron chi connectivity index (χ3n) is 3.94. The van der Waals surface area contributed by atoms with Gasteiger partial charge < -0.3 is 16.4 Å². The number of halogens is 3. The van der Waals surface area contributed by atoms with E-state index in [1.807, 2.05) is 0 Å². The molecule has 29 heavy (non-hydrogen) atoms. The minimum absolute atomic E-state index is 0.00952. The Morgan fingerprint density at radius 1 is 1.21 bits per heavy atom. The van der Waals surface area contributed by atoms with Crippen molar-refractivity contribution in [2.45, 2.75) is 0 Å². The van der Waals surface area contributed by atoms with Crippen LogP contribution in [0.4, 0.5) is 21.6 Å². The molecule has 0 atom stereocenters. The number of hydrogen-bond acceptors (Lipinski definition) is 5. The summed E-state index contributed by atoms with van der Waals surface area (Å²) in [7, 11) is 0. The van der Waals surface area contributed by atoms with Gasteiger partial charge in [0.25, 0.3) is 5.91 Å². The molecule has 9 heteroatoms. The summed E-state index contributed by atoms with van der Waals surface area (Å²) in [5, 5.41) is 6.57. The van der Waals surface area contributed by atoms with Gasteiger partial charge in [-0.05, 0) is 30.3 Å². The first-order chi connectivity index (χ1) is 14.0. The van der Waals surface area contributed by atoms with Gasteiger partial charge in [0, 0.05) is 34.2 Å². The number of alkyl halides is 1. The molecule has 0 fully saturated rings. The summed E-state index contributed by atoms with van der Waals surface area (Å²) in [6, 6.07) is 13.1. The number of carbonyl (C=O) groups excluding carboxylic acids is 1. The molecule has 1 heterocycles. The molecule has 6 nitrogen and oxygen atoms in total. The molecule has 0 spiro atoms. The van der Waals surface area contributed by atoms with Crippen molar-refractivity contribution in [2.24, 2.45) is 5.73 Å². The minimum Gasteiger partial charge on any atom is -0.366 e. The minimum atomic E-state index is -0.618. The number of aromatic nitrogens is 2. The number of anilines is 3. The van der Waals surface area contributed by atoms with Gasteiger partial charge in [-0.1, -0.05) is 45.7 Å². The second-order valence-electron chi connectivity index (χ2n) is 5.87. The second kappa shape index (κ2) is 9.49. The van der Waals surface area contributed by atoms with E-state index >= 15 is 0 Å². The maximum atomic E-state index is 13.5. The largest absolute Gasteiger partial charge is 0.366 e. The number of allylic oxidation sites excluding steroid dienone is 1. The van der Waals surface area contributed by atoms with E-state index in [0.717, 1.165) is 0 Å². The highest BCUT2D eigenvalue weighted by Gasteiger charge is 2.18. The number of nitrogens with zero attached hydrogens (tertiary/aromatic N) is 2. The van der Waals surface area contributed by atoms with Crippen LogP contribution in [0.5, 0.6) is 0 Å². The lowest BCUT2D eigenvalue weighted by molar-refractivity contribution is -0.112. The van der Waals surface area contributed by atoms with Gasteiger partial charge in [0.05, 0.1) is 10.6 Å². The van der Waals surface area contributed by atoms with Crippen LogP contribution in [0, 0.1) is 5.82 Å². The average molecular weight is 477 g/mol. The number of para-hydroxylation sites is 1. The van der Waals surface area contributed by atoms with Gasteiger partial charge in [0.15, 0.2) is 0 Å². The Morgan fingerprint density at radius 3 is 2.66 bits per heavy atom. The molecule has 2 aromatic carbocycles. The smallest absolute Gasteiger partial charge is 0.251 e. The fourth-order valence-electron chi connectivity index (χ4n) is 2.67. The number of nitrogens with two attached hydrogens (primary N) is 1. The van der Waals surface area contributed by atoms with Crippen molar-refractivity contribution < 1.29 is 9.18 Å². The molecule has 0 aliphatic rings. The number of carbonyl (C=O) groups is 1. The summed E-state index contributed by atoms with van der Waals surface area (Å²) in [4.78, 5) is 20.4. The van der Waals surface area contributed by atoms with Gasteiger partial charge in [0.1, 0.15) is 18.0 Å². The normalized spacial score (nSPS) is 11.6. The Labute approximate surface area is 180 Å². The standard InChI is InChI=1S/C20H16BrClFN5O/c21-10-17(28-18-7-8-25-11-26-18)19(20(24)29)13-3-1-2-4-16(13)27-12-5-6-15(23)14(22)9-12/h1-9,11,27H,10H2,(H2,24,29)(H,25,26,28). The van der Waals surface area contributed by atoms with Crippen LogP contribution in [0.3, 0.4) is 0 Å². The number of primary amides is 1. The van der Waals surface area contributed by atoms with Crippen LogP contribution < -0.4 is 16.4 Å². The van der Waals surface area contributed by atoms with Crippen molar-refractivity contribution in [3.8, 4) is 0 Å². The summed E-state index contributed by atoms with van der Waals surface area (Å²) in [6.45, 7) is 0. The highest BCUT2D eigenvalue weighted by molar-refractivity contribution is 9.09. The summed E-state index contributed by atoms with van der Waals surface area (Å²) in [5.74, 6) is -0.616. The van der Waals surface area contributed by atoms with E-state index in [4.69, 9.17) is 17.3 Å². The highest BCUT2D eigenvalue weighted by atomic mass is 79.9. The second-order valence-corrected chi connectivity index (χ2v) is 6.84. The molecule has 1 amide bonds. The van der Waals surface area contributed by atoms with E-state index in [2.05, 4.69) is 36.5 Å². The lowest BCUT2D eigenvalue weighted by Crippen LogP contribution is -2.19. The lowest BCUT2D eigenvalue weighted by atomic mass is 10.0. The number of rotatable bonds is 7. The Bertz CT molecular complexity index is 1060. The molecular formula is C20H16BrClFN5O. The van der Waals surface area contributed by atoms with E-state index in [9.17, 15) is 9.18 Å². The van der Waals surface area contributed by atoms with Crippen molar-refractivity contribution in [1.29, 1.82) is 0 Å². The number of nitrogens with one attached hydrogen (secondary N) is 2. The van der Waals surface area contributed by atoms with Gasteiger partial charge in [-0.3, -0.25) is 4.79 Å². The van der Waals surface area contributed by atoms with Gasteiger partial charge in [0.2, 0.25) is 0 Å². The van der Waals surface area contributed by atoms with Crippen molar-refractivity contribution in [2.75, 3.05) is 16.0 Å². The zero-order chi connectivity index (χ0) is 20.8. The van der Waals surface area contributed by atoms with Gasteiger partial charge in [-0.15, -0.1) is 0 Å². The van der Waals surface area contributed by atoms with Crippen LogP contribution in [0.1, 0.15) is 5.56 Å². The van der Waals surface area contributed by atoms with Crippen molar-refractivity contribution in [1.82, 2.24) is 9.97 Å². The van der Waals surface area contributed by atoms with E-state index in [-0.39, 0.29) is 10.6 Å². The lowest BCUT2D eigenvalue weighted by Gasteiger charge is -2.17. The molecule has 0 aliphatic carbocycles. The summed E-state index contributed by atoms with van der Waals surface area (Å²) >= 11 is 9.27. The van der Waals surface area contributed by atoms with Crippen LogP contribution in [-0.4, -0.2) is 21.2 Å². The highest BCUT2D eigenvalue weighted by Crippen LogP contribution is 2.31. The Balaban J connectivity index is 2.05. The van der Waals surface area contributed by atoms with Gasteiger partial charge >= 0.3 is 0 Å². The molecule has 0 aliphatic heterocycles. The fraction of sp³-hybridized carbons (Fsp3) is 0.0500. The SMILES string of the molecule is NC(=O)C(=C(CBr)Nc1ccncn1)c1ccccc1Nc1ccc(F)c(Cl)c1. The first-order valence-corrected chi connectivity index (χ1v) is 9.93. The van der Waals surface area contributed by atoms with Crippen LogP contribution >= 0.6 is 27.5 Å². The summed E-state index contributed by atoms with van der Waals surface area (Å²) in [6.07, 6.45) is 2.98. The third-order valence-corrected chi connectivity index (χ3v) is 4.79. The molecule has 1 aromatic heterocycles. The van der Waals surface area contributed by atoms with E-state index in [0.29, 0.717) is 33.8 Å². The van der Waals surface area contributed by atoms with Gasteiger partial charge in [-0.25, -0.2) is 14.4 Å². The van der Waals surface area contributed by atoms with Crippen LogP contribution in [0.2, 0.25) is 5.02 Å². The molecule has 4 N–H and O–H groups in total. The predicted molar refractivity (Wildman–Crippen MR) is 117 cm³/mol. The fourth-order valence-corrected chi connectivity index (χ4v) is 3.27. The molecule has 0 radical (unpaired) electrons. The van der Waals surface area contributed by atoms with Crippen LogP contribution in [-0.2, 0) is 4.79 Å². The van der Waals surface area contributed by atoms with Gasteiger partial charge in [-0.2, -0.15) is 0 Å². The molecule has 0 saturated carbocycles. The Kier molecular flexibility index (Phi) is 6.79. The van der Waals surface area contributed by atoms with Crippen LogP contribution in [0.15, 0.2) is 66.8 Å². The Hall–Kier alpha value is -2.97. The molecule has 3 aromatic rings. The first-order valence-electron chi connectivity index (χ1n) is 8.43. The Morgan fingerprint density at radius 2 is 2.00 bits per heavy atom. The molecule has 0 bridgehead atoms. The predicted octanol–water partition coefficient (Wildman–Crippen LogP) is 4.72. The molecule has 3 rings (SSSR count). The van der Waals surface area contributed by atoms with E-state index in [1.165, 1.54) is 18.5 Å². The van der Waals surface area contributed by atoms with Crippen molar-refractivity contribution in [3.63, 3.8) is 0 Å². The molecular weight excluding hydrogens is 461 g/mol. The van der Waals surface area contributed by atoms with Crippen molar-refractivity contribution >= 4 is 56.2 Å². The van der Waals surface area contributed by atoms with Crippen molar-refractivity contribution in [3.05, 3.63) is 83.2 Å². The molecule has 148 valence electrons. The maximum absolute atomic E-state index is 13.5. The van der Waals surface area contributed by atoms with E-state index in [1.54, 1.807) is 42.6 Å². The number of benzene rings is 2. The quantitative estimate of drug-likeness (QED) is 0.339. The zero-order valence-electron chi connectivity index (χ0n) is 15.0. The average Bonchev–Trinajstić information content (AvgIpc) is 2.72. The number of amides is 1. The first kappa shape index (κ1) is 20.8. The molecule has 0 unspecified atom stereocenters. The monoisotopic (exact) mass is 475 g/mol. The third kappa shape index (κ3) is 5.10. The maximum Gasteiger partial charge on any atom is 0.251 e. The van der Waals surface area contributed by atoms with Crippen LogP contribution in [0.25, 0.3) is 5.57 Å². The zero-order valence-corrected chi connectivity index (χ0v) is 17.3. The number of hydrogen-bond donors (Lipinski definition) is 3. The van der Waals surface area contributed by atoms with E-state index < -0.39 is 11.7 Å². The summed E-state index contributed by atoms with van der Waals surface area (Å²) in [5.41, 5.74) is 8.26. The summed E-state index contributed by atoms with van der Waals surface area (Å²) < 4.78 is 13.5.